The monoisotopic (exact) mass is 245 g/mol. The van der Waals surface area contributed by atoms with Gasteiger partial charge in [-0.2, -0.15) is 0 Å². The highest BCUT2D eigenvalue weighted by Gasteiger charge is 2.54. The molecule has 5 heteroatoms. The minimum absolute atomic E-state index is 0.0764. The van der Waals surface area contributed by atoms with Crippen LogP contribution in [0.15, 0.2) is 0 Å². The molecule has 0 aromatic carbocycles. The van der Waals surface area contributed by atoms with Crippen molar-refractivity contribution in [2.75, 3.05) is 6.61 Å². The molecule has 1 amide bonds. The molecule has 4 nitrogen and oxygen atoms in total. The van der Waals surface area contributed by atoms with Crippen LogP contribution in [-0.4, -0.2) is 46.6 Å². The van der Waals surface area contributed by atoms with Crippen LogP contribution in [0.3, 0.4) is 0 Å². The molecule has 1 saturated heterocycles. The van der Waals surface area contributed by atoms with E-state index < -0.39 is 23.9 Å². The molecule has 1 saturated carbocycles. The molecule has 1 aliphatic heterocycles. The highest BCUT2D eigenvalue weighted by molar-refractivity contribution is 5.70. The molecule has 2 fully saturated rings. The first-order valence-corrected chi connectivity index (χ1v) is 6.09. The Hall–Kier alpha value is -0.840. The number of nitrogens with zero attached hydrogens (tertiary/aromatic N) is 1. The molecule has 0 spiro atoms. The maximum absolute atomic E-state index is 13.6. The Labute approximate surface area is 101 Å². The van der Waals surface area contributed by atoms with Gasteiger partial charge in [-0.15, -0.1) is 0 Å². The quantitative estimate of drug-likeness (QED) is 0.765. The second-order valence-corrected chi connectivity index (χ2v) is 5.95. The summed E-state index contributed by atoms with van der Waals surface area (Å²) in [4.78, 5) is 13.4. The van der Waals surface area contributed by atoms with E-state index in [2.05, 4.69) is 0 Å². The number of rotatable bonds is 1. The van der Waals surface area contributed by atoms with Gasteiger partial charge in [-0.1, -0.05) is 0 Å². The van der Waals surface area contributed by atoms with Crippen LogP contribution >= 0.6 is 0 Å². The molecule has 1 heterocycles. The number of hydrogen-bond acceptors (Lipinski definition) is 3. The van der Waals surface area contributed by atoms with Gasteiger partial charge in [-0.25, -0.2) is 9.18 Å². The number of hydrogen-bond donors (Lipinski definition) is 1. The third-order valence-electron chi connectivity index (χ3n) is 3.54. The largest absolute Gasteiger partial charge is 0.444 e. The lowest BCUT2D eigenvalue weighted by molar-refractivity contribution is -0.0133. The van der Waals surface area contributed by atoms with Gasteiger partial charge in [0.25, 0.3) is 0 Å². The van der Waals surface area contributed by atoms with Crippen molar-refractivity contribution in [2.24, 2.45) is 5.92 Å². The number of likely N-dealkylation sites (tertiary alicyclic amines) is 1. The van der Waals surface area contributed by atoms with Crippen molar-refractivity contribution >= 4 is 6.09 Å². The third-order valence-corrected chi connectivity index (χ3v) is 3.54. The number of piperidine rings is 1. The number of halogens is 1. The summed E-state index contributed by atoms with van der Waals surface area (Å²) < 4.78 is 18.9. The predicted octanol–water partition coefficient (Wildman–Crippen LogP) is 1.71. The van der Waals surface area contributed by atoms with Crippen LogP contribution in [0.2, 0.25) is 0 Å². The molecular weight excluding hydrogens is 225 g/mol. The van der Waals surface area contributed by atoms with Crippen LogP contribution in [0.1, 0.15) is 33.6 Å². The van der Waals surface area contributed by atoms with Crippen molar-refractivity contribution < 1.29 is 19.0 Å². The number of amides is 1. The molecule has 0 aromatic heterocycles. The Bertz CT molecular complexity index is 313. The fraction of sp³-hybridized carbons (Fsp3) is 0.917. The molecule has 1 N–H and O–H groups in total. The second kappa shape index (κ2) is 4.12. The summed E-state index contributed by atoms with van der Waals surface area (Å²) in [6, 6.07) is -0.686. The third kappa shape index (κ3) is 2.25. The summed E-state index contributed by atoms with van der Waals surface area (Å²) in [5.41, 5.74) is -0.593. The van der Waals surface area contributed by atoms with Crippen molar-refractivity contribution in [2.45, 2.75) is 57.5 Å². The minimum Gasteiger partial charge on any atom is -0.444 e. The van der Waals surface area contributed by atoms with Gasteiger partial charge in [0.05, 0.1) is 18.7 Å². The van der Waals surface area contributed by atoms with E-state index in [1.807, 2.05) is 0 Å². The molecule has 0 radical (unpaired) electrons. The second-order valence-electron chi connectivity index (χ2n) is 5.95. The number of aliphatic hydroxyl groups is 1. The van der Waals surface area contributed by atoms with E-state index in [4.69, 9.17) is 4.74 Å². The predicted molar refractivity (Wildman–Crippen MR) is 60.4 cm³/mol. The lowest BCUT2D eigenvalue weighted by Gasteiger charge is -2.36. The summed E-state index contributed by atoms with van der Waals surface area (Å²) in [5.74, 6) is 0.0764. The number of ether oxygens (including phenoxy) is 1. The lowest BCUT2D eigenvalue weighted by atomic mass is 9.99. The van der Waals surface area contributed by atoms with Crippen LogP contribution in [0.5, 0.6) is 0 Å². The SMILES string of the molecule is CC(C)(C)OC(=O)N1C2C[C@@H](CC2F)[C@@H]1CO. The number of carbonyl (C=O) groups is 1. The van der Waals surface area contributed by atoms with Crippen molar-refractivity contribution in [3.63, 3.8) is 0 Å². The zero-order valence-corrected chi connectivity index (χ0v) is 10.5. The van der Waals surface area contributed by atoms with Gasteiger partial charge in [-0.05, 0) is 39.5 Å². The first-order chi connectivity index (χ1) is 7.83. The topological polar surface area (TPSA) is 49.8 Å². The maximum Gasteiger partial charge on any atom is 0.410 e. The normalized spacial score (nSPS) is 36.4. The van der Waals surface area contributed by atoms with E-state index in [-0.39, 0.29) is 18.6 Å². The molecular formula is C12H20FNO3. The molecule has 2 rings (SSSR count). The zero-order valence-electron chi connectivity index (χ0n) is 10.5. The first kappa shape index (κ1) is 12.6. The Kier molecular flexibility index (Phi) is 3.06. The molecule has 4 atom stereocenters. The Morgan fingerprint density at radius 3 is 2.65 bits per heavy atom. The average molecular weight is 245 g/mol. The molecule has 98 valence electrons. The van der Waals surface area contributed by atoms with Crippen molar-refractivity contribution in [1.82, 2.24) is 4.90 Å². The molecule has 1 aliphatic carbocycles. The van der Waals surface area contributed by atoms with E-state index in [0.29, 0.717) is 12.8 Å². The van der Waals surface area contributed by atoms with Gasteiger partial charge in [0.1, 0.15) is 11.8 Å². The summed E-state index contributed by atoms with van der Waals surface area (Å²) in [7, 11) is 0. The standard InChI is InChI=1S/C12H20FNO3/c1-12(2,3)17-11(16)14-9-5-7(4-8(9)13)10(14)6-15/h7-10,15H,4-6H2,1-3H3/t7-,8?,9?,10+/m1/s1. The van der Waals surface area contributed by atoms with Crippen molar-refractivity contribution in [3.8, 4) is 0 Å². The average Bonchev–Trinajstić information content (AvgIpc) is 2.69. The molecule has 2 bridgehead atoms. The van der Waals surface area contributed by atoms with Crippen LogP contribution in [0.25, 0.3) is 0 Å². The zero-order chi connectivity index (χ0) is 12.8. The summed E-state index contributed by atoms with van der Waals surface area (Å²) in [6.07, 6.45) is -0.386. The van der Waals surface area contributed by atoms with E-state index in [1.165, 1.54) is 4.90 Å². The number of aliphatic hydroxyl groups excluding tert-OH is 1. The molecule has 17 heavy (non-hydrogen) atoms. The Morgan fingerprint density at radius 2 is 2.12 bits per heavy atom. The van der Waals surface area contributed by atoms with E-state index >= 15 is 0 Å². The fourth-order valence-corrected chi connectivity index (χ4v) is 2.90. The summed E-state index contributed by atoms with van der Waals surface area (Å²) >= 11 is 0. The van der Waals surface area contributed by atoms with Gasteiger partial charge in [-0.3, -0.25) is 4.90 Å². The van der Waals surface area contributed by atoms with Gasteiger partial charge in [0, 0.05) is 0 Å². The number of alkyl halides is 1. The Morgan fingerprint density at radius 1 is 1.47 bits per heavy atom. The first-order valence-electron chi connectivity index (χ1n) is 6.09. The summed E-state index contributed by atoms with van der Waals surface area (Å²) in [6.45, 7) is 5.22. The number of fused-ring (bicyclic) bond motifs is 2. The van der Waals surface area contributed by atoms with Gasteiger partial charge in [0.15, 0.2) is 0 Å². The number of carbonyl (C=O) groups excluding carboxylic acids is 1. The Balaban J connectivity index is 2.11. The highest BCUT2D eigenvalue weighted by atomic mass is 19.1. The maximum atomic E-state index is 13.6. The lowest BCUT2D eigenvalue weighted by Crippen LogP contribution is -2.52. The smallest absolute Gasteiger partial charge is 0.410 e. The molecule has 2 unspecified atom stereocenters. The van der Waals surface area contributed by atoms with Gasteiger partial charge in [0.2, 0.25) is 0 Å². The van der Waals surface area contributed by atoms with E-state index in [9.17, 15) is 14.3 Å². The van der Waals surface area contributed by atoms with Gasteiger partial charge >= 0.3 is 6.09 Å². The van der Waals surface area contributed by atoms with E-state index in [1.54, 1.807) is 20.8 Å². The van der Waals surface area contributed by atoms with Crippen molar-refractivity contribution in [1.29, 1.82) is 0 Å². The van der Waals surface area contributed by atoms with Crippen LogP contribution in [0.4, 0.5) is 9.18 Å². The van der Waals surface area contributed by atoms with Crippen LogP contribution < -0.4 is 0 Å². The minimum atomic E-state index is -0.977. The van der Waals surface area contributed by atoms with Crippen molar-refractivity contribution in [3.05, 3.63) is 0 Å². The highest BCUT2D eigenvalue weighted by Crippen LogP contribution is 2.44. The van der Waals surface area contributed by atoms with Crippen LogP contribution in [0, 0.1) is 5.92 Å². The molecule has 2 aliphatic rings. The van der Waals surface area contributed by atoms with E-state index in [0.717, 1.165) is 0 Å². The van der Waals surface area contributed by atoms with Crippen LogP contribution in [-0.2, 0) is 4.74 Å². The van der Waals surface area contributed by atoms with Gasteiger partial charge < -0.3 is 9.84 Å². The summed E-state index contributed by atoms with van der Waals surface area (Å²) in [5, 5.41) is 9.32. The fourth-order valence-electron chi connectivity index (χ4n) is 2.90. The molecule has 0 aromatic rings.